The average molecular weight is 532 g/mol. The van der Waals surface area contributed by atoms with Gasteiger partial charge in [0.15, 0.2) is 0 Å². The maximum atomic E-state index is 9.91. The molecule has 1 unspecified atom stereocenters. The third-order valence-electron chi connectivity index (χ3n) is 6.48. The van der Waals surface area contributed by atoms with E-state index in [9.17, 15) is 5.11 Å². The van der Waals surface area contributed by atoms with Gasteiger partial charge in [0.05, 0.1) is 6.61 Å². The van der Waals surface area contributed by atoms with Gasteiger partial charge in [-0.3, -0.25) is 4.90 Å². The van der Waals surface area contributed by atoms with E-state index in [1.54, 1.807) is 0 Å². The van der Waals surface area contributed by atoms with Crippen LogP contribution in [0.5, 0.6) is 0 Å². The number of hydrogen-bond acceptors (Lipinski definition) is 6. The van der Waals surface area contributed by atoms with Crippen molar-refractivity contribution in [3.8, 4) is 0 Å². The van der Waals surface area contributed by atoms with Crippen molar-refractivity contribution in [2.75, 3.05) is 51.6 Å². The Hall–Kier alpha value is -3.00. The van der Waals surface area contributed by atoms with Crippen molar-refractivity contribution < 1.29 is 5.11 Å². The summed E-state index contributed by atoms with van der Waals surface area (Å²) in [7, 11) is 0. The monoisotopic (exact) mass is 531 g/mol. The van der Waals surface area contributed by atoms with Crippen LogP contribution < -0.4 is 21.7 Å². The largest absolute Gasteiger partial charge is 0.398 e. The van der Waals surface area contributed by atoms with E-state index in [2.05, 4.69) is 70.9 Å². The lowest BCUT2D eigenvalue weighted by Gasteiger charge is -2.23. The molecule has 6 N–H and O–H groups in total. The molecule has 0 saturated carbocycles. The minimum atomic E-state index is -0.0845. The average Bonchev–Trinajstić information content (AvgIpc) is 2.93. The van der Waals surface area contributed by atoms with E-state index < -0.39 is 0 Å². The molecular weight excluding hydrogens is 482 g/mol. The minimum Gasteiger partial charge on any atom is -0.398 e. The number of allylic oxidation sites excluding steroid dienone is 2. The van der Waals surface area contributed by atoms with Crippen molar-refractivity contribution in [1.82, 2.24) is 20.9 Å². The standard InChI is InChI=1S/C33H49N5O/c1-5-6-7-10-17-35-18-20-38(21-19-36-23-27(2)3)25-30-15-13-29(14-16-30)24-37-31(26-39)22-28(4)32-11-8-9-12-33(32)34/h5-9,11-16,31,35-37,39H,1-2,4,10,17-26,34H2,3H3/b7-6-. The van der Waals surface area contributed by atoms with Gasteiger partial charge >= 0.3 is 0 Å². The summed E-state index contributed by atoms with van der Waals surface area (Å²) >= 11 is 0. The highest BCUT2D eigenvalue weighted by atomic mass is 16.3. The second-order valence-electron chi connectivity index (χ2n) is 10.1. The molecule has 0 radical (unpaired) electrons. The summed E-state index contributed by atoms with van der Waals surface area (Å²) in [6.07, 6.45) is 7.57. The van der Waals surface area contributed by atoms with Gasteiger partial charge in [0.2, 0.25) is 0 Å². The Morgan fingerprint density at radius 1 is 1.00 bits per heavy atom. The molecule has 39 heavy (non-hydrogen) atoms. The van der Waals surface area contributed by atoms with Gasteiger partial charge in [-0.05, 0) is 49.1 Å². The zero-order chi connectivity index (χ0) is 28.3. The van der Waals surface area contributed by atoms with Gasteiger partial charge in [-0.1, -0.05) is 86.0 Å². The molecule has 212 valence electrons. The van der Waals surface area contributed by atoms with Crippen molar-refractivity contribution in [2.24, 2.45) is 0 Å². The van der Waals surface area contributed by atoms with Crippen LogP contribution in [0.4, 0.5) is 5.69 Å². The Morgan fingerprint density at radius 3 is 2.36 bits per heavy atom. The number of hydrogen-bond donors (Lipinski definition) is 5. The van der Waals surface area contributed by atoms with Crippen LogP contribution in [0.15, 0.2) is 92.1 Å². The van der Waals surface area contributed by atoms with Crippen LogP contribution in [0.2, 0.25) is 0 Å². The first kappa shape index (κ1) is 32.2. The van der Waals surface area contributed by atoms with E-state index >= 15 is 0 Å². The molecule has 0 spiro atoms. The molecule has 6 nitrogen and oxygen atoms in total. The molecule has 2 aromatic rings. The first-order chi connectivity index (χ1) is 18.9. The number of aliphatic hydroxyl groups is 1. The number of nitrogens with two attached hydrogens (primary N) is 1. The van der Waals surface area contributed by atoms with Gasteiger partial charge < -0.3 is 26.8 Å². The fourth-order valence-electron chi connectivity index (χ4n) is 4.26. The van der Waals surface area contributed by atoms with Gasteiger partial charge in [-0.15, -0.1) is 0 Å². The summed E-state index contributed by atoms with van der Waals surface area (Å²) < 4.78 is 0. The van der Waals surface area contributed by atoms with Gasteiger partial charge in [0, 0.05) is 63.1 Å². The molecule has 0 aliphatic heterocycles. The van der Waals surface area contributed by atoms with E-state index in [1.165, 1.54) is 11.1 Å². The van der Waals surface area contributed by atoms with E-state index in [0.717, 1.165) is 68.9 Å². The van der Waals surface area contributed by atoms with Gasteiger partial charge in [0.1, 0.15) is 0 Å². The Bertz CT molecular complexity index is 1030. The lowest BCUT2D eigenvalue weighted by Crippen LogP contribution is -2.37. The summed E-state index contributed by atoms with van der Waals surface area (Å²) in [5.74, 6) is 0. The number of para-hydroxylation sites is 1. The fraction of sp³-hybridized carbons (Fsp3) is 0.394. The summed E-state index contributed by atoms with van der Waals surface area (Å²) in [6, 6.07) is 16.4. The molecule has 6 heteroatoms. The predicted molar refractivity (Wildman–Crippen MR) is 168 cm³/mol. The topological polar surface area (TPSA) is 85.6 Å². The molecule has 0 fully saturated rings. The highest BCUT2D eigenvalue weighted by Crippen LogP contribution is 2.23. The number of aliphatic hydroxyl groups excluding tert-OH is 1. The third-order valence-corrected chi connectivity index (χ3v) is 6.48. The van der Waals surface area contributed by atoms with E-state index in [-0.39, 0.29) is 12.6 Å². The fourth-order valence-corrected chi connectivity index (χ4v) is 4.26. The number of nitrogens with zero attached hydrogens (tertiary/aromatic N) is 1. The number of benzene rings is 2. The highest BCUT2D eigenvalue weighted by Gasteiger charge is 2.12. The van der Waals surface area contributed by atoms with Gasteiger partial charge in [-0.2, -0.15) is 0 Å². The second kappa shape index (κ2) is 19.1. The molecule has 0 heterocycles. The second-order valence-corrected chi connectivity index (χ2v) is 10.1. The lowest BCUT2D eigenvalue weighted by atomic mass is 9.99. The summed E-state index contributed by atoms with van der Waals surface area (Å²) in [6.45, 7) is 21.2. The molecule has 1 atom stereocenters. The van der Waals surface area contributed by atoms with Crippen molar-refractivity contribution in [1.29, 1.82) is 0 Å². The van der Waals surface area contributed by atoms with Crippen LogP contribution in [-0.2, 0) is 13.1 Å². The third kappa shape index (κ3) is 13.6. The Morgan fingerprint density at radius 2 is 1.69 bits per heavy atom. The Labute approximate surface area is 236 Å². The summed E-state index contributed by atoms with van der Waals surface area (Å²) in [5, 5.41) is 20.4. The lowest BCUT2D eigenvalue weighted by molar-refractivity contribution is 0.243. The van der Waals surface area contributed by atoms with Crippen LogP contribution in [0, 0.1) is 0 Å². The first-order valence-corrected chi connectivity index (χ1v) is 13.9. The Kier molecular flexibility index (Phi) is 15.8. The molecule has 0 aliphatic carbocycles. The SMILES string of the molecule is C=C/C=C\CCNCCN(CCNCC(=C)C)Cc1ccc(CNC(CO)CC(=C)c2ccccc2N)cc1. The number of nitrogens with one attached hydrogen (secondary N) is 3. The molecular formula is C33H49N5O. The normalized spacial score (nSPS) is 12.2. The number of rotatable bonds is 21. The predicted octanol–water partition coefficient (Wildman–Crippen LogP) is 4.51. The number of anilines is 1. The van der Waals surface area contributed by atoms with Crippen molar-refractivity contribution in [3.05, 3.63) is 109 Å². The molecule has 0 aromatic heterocycles. The van der Waals surface area contributed by atoms with Crippen molar-refractivity contribution >= 4 is 11.3 Å². The summed E-state index contributed by atoms with van der Waals surface area (Å²) in [5.41, 5.74) is 12.3. The molecule has 2 aromatic carbocycles. The maximum absolute atomic E-state index is 9.91. The van der Waals surface area contributed by atoms with Crippen LogP contribution in [-0.4, -0.2) is 61.9 Å². The maximum Gasteiger partial charge on any atom is 0.0587 e. The minimum absolute atomic E-state index is 0.0385. The molecule has 0 aliphatic rings. The van der Waals surface area contributed by atoms with Crippen LogP contribution in [0.1, 0.15) is 36.5 Å². The molecule has 0 bridgehead atoms. The number of nitrogen functional groups attached to an aromatic ring is 1. The van der Waals surface area contributed by atoms with Crippen LogP contribution >= 0.6 is 0 Å². The Balaban J connectivity index is 1.85. The van der Waals surface area contributed by atoms with E-state index in [4.69, 9.17) is 5.73 Å². The molecule has 0 saturated heterocycles. The molecule has 2 rings (SSSR count). The zero-order valence-electron chi connectivity index (χ0n) is 23.8. The van der Waals surface area contributed by atoms with Gasteiger partial charge in [-0.25, -0.2) is 0 Å². The van der Waals surface area contributed by atoms with Gasteiger partial charge in [0.25, 0.3) is 0 Å². The van der Waals surface area contributed by atoms with E-state index in [1.807, 2.05) is 43.3 Å². The first-order valence-electron chi connectivity index (χ1n) is 13.9. The highest BCUT2D eigenvalue weighted by molar-refractivity contribution is 5.73. The van der Waals surface area contributed by atoms with Crippen LogP contribution in [0.25, 0.3) is 5.57 Å². The van der Waals surface area contributed by atoms with Crippen molar-refractivity contribution in [2.45, 2.75) is 38.9 Å². The molecule has 0 amide bonds. The summed E-state index contributed by atoms with van der Waals surface area (Å²) in [4.78, 5) is 2.48. The van der Waals surface area contributed by atoms with Crippen molar-refractivity contribution in [3.63, 3.8) is 0 Å². The van der Waals surface area contributed by atoms with E-state index in [0.29, 0.717) is 18.7 Å². The zero-order valence-corrected chi connectivity index (χ0v) is 23.8. The van der Waals surface area contributed by atoms with Crippen LogP contribution in [0.3, 0.4) is 0 Å². The smallest absolute Gasteiger partial charge is 0.0587 e. The quantitative estimate of drug-likeness (QED) is 0.0705.